The van der Waals surface area contributed by atoms with Crippen LogP contribution in [0.1, 0.15) is 96.8 Å². The van der Waals surface area contributed by atoms with Crippen LogP contribution in [-0.4, -0.2) is 25.0 Å². The molecule has 0 saturated carbocycles. The molecule has 0 aliphatic carbocycles. The van der Waals surface area contributed by atoms with Crippen LogP contribution in [0.2, 0.25) is 0 Å². The van der Waals surface area contributed by atoms with Gasteiger partial charge in [0.2, 0.25) is 5.91 Å². The molecule has 0 aliphatic heterocycles. The van der Waals surface area contributed by atoms with Crippen molar-refractivity contribution in [3.8, 4) is 0 Å². The van der Waals surface area contributed by atoms with Gasteiger partial charge in [-0.05, 0) is 32.1 Å². The molecule has 0 saturated heterocycles. The second-order valence-electron chi connectivity index (χ2n) is 6.76. The number of allylic oxidation sites excluding steroid dienone is 2. The predicted octanol–water partition coefficient (Wildman–Crippen LogP) is 5.62. The minimum Gasteiger partial charge on any atom is -0.289 e. The van der Waals surface area contributed by atoms with Gasteiger partial charge in [0.15, 0.2) is 0 Å². The molecular formula is C20H40N2O. The highest BCUT2D eigenvalue weighted by Gasteiger charge is 2.00. The molecule has 1 N–H and O–H groups in total. The first-order valence-corrected chi connectivity index (χ1v) is 9.78. The number of rotatable bonds is 16. The lowest BCUT2D eigenvalue weighted by atomic mass is 10.1. The first-order valence-electron chi connectivity index (χ1n) is 9.78. The van der Waals surface area contributed by atoms with Crippen molar-refractivity contribution >= 4 is 5.91 Å². The van der Waals surface area contributed by atoms with Crippen molar-refractivity contribution in [1.82, 2.24) is 10.4 Å². The standard InChI is InChI=1S/C20H40N2O/c1-4-5-6-7-8-9-10-11-12-13-14-15-16-17-18-19-20(23)21-22(2)3/h11-12H,4-10,13-19H2,1-3H3,(H,21,23). The summed E-state index contributed by atoms with van der Waals surface area (Å²) < 4.78 is 0. The summed E-state index contributed by atoms with van der Waals surface area (Å²) in [6.45, 7) is 2.27. The van der Waals surface area contributed by atoms with E-state index in [0.717, 1.165) is 6.42 Å². The lowest BCUT2D eigenvalue weighted by Crippen LogP contribution is -2.35. The summed E-state index contributed by atoms with van der Waals surface area (Å²) >= 11 is 0. The van der Waals surface area contributed by atoms with E-state index in [1.54, 1.807) is 5.01 Å². The van der Waals surface area contributed by atoms with Gasteiger partial charge >= 0.3 is 0 Å². The van der Waals surface area contributed by atoms with Gasteiger partial charge in [0.1, 0.15) is 0 Å². The zero-order valence-electron chi connectivity index (χ0n) is 15.9. The summed E-state index contributed by atoms with van der Waals surface area (Å²) in [7, 11) is 3.69. The van der Waals surface area contributed by atoms with Gasteiger partial charge in [0, 0.05) is 20.5 Å². The van der Waals surface area contributed by atoms with Crippen molar-refractivity contribution in [3.05, 3.63) is 12.2 Å². The first kappa shape index (κ1) is 22.2. The SMILES string of the molecule is CCCCCCCCC=CCCCCCCCC(=O)NN(C)C. The summed E-state index contributed by atoms with van der Waals surface area (Å²) in [6, 6.07) is 0. The number of hydrazine groups is 1. The molecule has 0 spiro atoms. The summed E-state index contributed by atoms with van der Waals surface area (Å²) in [4.78, 5) is 11.4. The Morgan fingerprint density at radius 1 is 0.783 bits per heavy atom. The van der Waals surface area contributed by atoms with E-state index in [2.05, 4.69) is 24.5 Å². The Balaban J connectivity index is 3.18. The average molecular weight is 325 g/mol. The number of unbranched alkanes of at least 4 members (excludes halogenated alkanes) is 11. The van der Waals surface area contributed by atoms with E-state index in [1.165, 1.54) is 77.0 Å². The minimum atomic E-state index is 0.132. The van der Waals surface area contributed by atoms with Crippen molar-refractivity contribution in [2.24, 2.45) is 0 Å². The maximum Gasteiger partial charge on any atom is 0.234 e. The van der Waals surface area contributed by atoms with Crippen molar-refractivity contribution < 1.29 is 4.79 Å². The van der Waals surface area contributed by atoms with Crippen LogP contribution in [0.15, 0.2) is 12.2 Å². The number of carbonyl (C=O) groups is 1. The number of hydrogen-bond donors (Lipinski definition) is 1. The average Bonchev–Trinajstić information content (AvgIpc) is 2.50. The number of nitrogens with zero attached hydrogens (tertiary/aromatic N) is 1. The molecule has 0 aromatic rings. The van der Waals surface area contributed by atoms with Crippen LogP contribution < -0.4 is 5.43 Å². The molecule has 0 heterocycles. The Kier molecular flexibility index (Phi) is 16.9. The molecule has 3 nitrogen and oxygen atoms in total. The Hall–Kier alpha value is -0.830. The third-order valence-electron chi connectivity index (χ3n) is 4.01. The molecule has 0 rings (SSSR count). The lowest BCUT2D eigenvalue weighted by molar-refractivity contribution is -0.124. The van der Waals surface area contributed by atoms with Crippen molar-refractivity contribution in [3.63, 3.8) is 0 Å². The molecular weight excluding hydrogens is 284 g/mol. The molecule has 0 radical (unpaired) electrons. The minimum absolute atomic E-state index is 0.132. The fraction of sp³-hybridized carbons (Fsp3) is 0.850. The number of amides is 1. The third kappa shape index (κ3) is 19.1. The summed E-state index contributed by atoms with van der Waals surface area (Å²) in [6.07, 6.45) is 22.2. The van der Waals surface area contributed by atoms with Crippen LogP contribution in [0, 0.1) is 0 Å². The van der Waals surface area contributed by atoms with Crippen molar-refractivity contribution in [1.29, 1.82) is 0 Å². The van der Waals surface area contributed by atoms with Gasteiger partial charge < -0.3 is 0 Å². The predicted molar refractivity (Wildman–Crippen MR) is 101 cm³/mol. The maximum atomic E-state index is 11.4. The molecule has 0 unspecified atom stereocenters. The normalized spacial score (nSPS) is 11.5. The third-order valence-corrected chi connectivity index (χ3v) is 4.01. The molecule has 0 aromatic heterocycles. The van der Waals surface area contributed by atoms with E-state index in [1.807, 2.05) is 14.1 Å². The number of nitrogens with one attached hydrogen (secondary N) is 1. The fourth-order valence-corrected chi connectivity index (χ4v) is 2.66. The first-order chi connectivity index (χ1) is 11.2. The van der Waals surface area contributed by atoms with Gasteiger partial charge in [-0.1, -0.05) is 70.4 Å². The van der Waals surface area contributed by atoms with Crippen LogP contribution in [-0.2, 0) is 4.79 Å². The van der Waals surface area contributed by atoms with Crippen LogP contribution in [0.3, 0.4) is 0 Å². The Bertz CT molecular complexity index is 287. The van der Waals surface area contributed by atoms with E-state index in [0.29, 0.717) is 6.42 Å². The lowest BCUT2D eigenvalue weighted by Gasteiger charge is -2.11. The molecule has 0 atom stereocenters. The Labute approximate surface area is 144 Å². The number of hydrogen-bond acceptors (Lipinski definition) is 2. The van der Waals surface area contributed by atoms with E-state index < -0.39 is 0 Å². The fourth-order valence-electron chi connectivity index (χ4n) is 2.66. The molecule has 0 bridgehead atoms. The molecule has 0 aliphatic rings. The van der Waals surface area contributed by atoms with Gasteiger partial charge in [0.25, 0.3) is 0 Å². The van der Waals surface area contributed by atoms with E-state index in [4.69, 9.17) is 0 Å². The van der Waals surface area contributed by atoms with Crippen molar-refractivity contribution in [2.75, 3.05) is 14.1 Å². The van der Waals surface area contributed by atoms with Crippen LogP contribution in [0.5, 0.6) is 0 Å². The van der Waals surface area contributed by atoms with Crippen LogP contribution >= 0.6 is 0 Å². The monoisotopic (exact) mass is 324 g/mol. The number of carbonyl (C=O) groups excluding carboxylic acids is 1. The Morgan fingerprint density at radius 3 is 1.78 bits per heavy atom. The van der Waals surface area contributed by atoms with Gasteiger partial charge in [-0.15, -0.1) is 0 Å². The smallest absolute Gasteiger partial charge is 0.234 e. The largest absolute Gasteiger partial charge is 0.289 e. The van der Waals surface area contributed by atoms with Gasteiger partial charge in [-0.3, -0.25) is 10.2 Å². The molecule has 0 aromatic carbocycles. The molecule has 0 fully saturated rings. The highest BCUT2D eigenvalue weighted by Crippen LogP contribution is 2.09. The van der Waals surface area contributed by atoms with Crippen molar-refractivity contribution in [2.45, 2.75) is 96.8 Å². The highest BCUT2D eigenvalue weighted by molar-refractivity contribution is 5.75. The summed E-state index contributed by atoms with van der Waals surface area (Å²) in [5.41, 5.74) is 2.78. The molecule has 3 heteroatoms. The van der Waals surface area contributed by atoms with Gasteiger partial charge in [-0.25, -0.2) is 5.01 Å². The second kappa shape index (κ2) is 17.5. The topological polar surface area (TPSA) is 32.3 Å². The van der Waals surface area contributed by atoms with Gasteiger partial charge in [0.05, 0.1) is 0 Å². The Morgan fingerprint density at radius 2 is 1.26 bits per heavy atom. The zero-order valence-corrected chi connectivity index (χ0v) is 15.9. The van der Waals surface area contributed by atoms with Gasteiger partial charge in [-0.2, -0.15) is 0 Å². The zero-order chi connectivity index (χ0) is 17.2. The maximum absolute atomic E-state index is 11.4. The summed E-state index contributed by atoms with van der Waals surface area (Å²) in [5, 5.41) is 1.71. The molecule has 1 amide bonds. The van der Waals surface area contributed by atoms with Crippen LogP contribution in [0.4, 0.5) is 0 Å². The summed E-state index contributed by atoms with van der Waals surface area (Å²) in [5.74, 6) is 0.132. The van der Waals surface area contributed by atoms with E-state index in [-0.39, 0.29) is 5.91 Å². The highest BCUT2D eigenvalue weighted by atomic mass is 16.2. The molecule has 23 heavy (non-hydrogen) atoms. The quantitative estimate of drug-likeness (QED) is 0.227. The molecule has 136 valence electrons. The van der Waals surface area contributed by atoms with Crippen LogP contribution in [0.25, 0.3) is 0 Å². The second-order valence-corrected chi connectivity index (χ2v) is 6.76. The van der Waals surface area contributed by atoms with E-state index >= 15 is 0 Å². The van der Waals surface area contributed by atoms with E-state index in [9.17, 15) is 4.79 Å².